The van der Waals surface area contributed by atoms with Gasteiger partial charge in [0, 0.05) is 40.2 Å². The Balaban J connectivity index is 1.23. The summed E-state index contributed by atoms with van der Waals surface area (Å²) in [6.07, 6.45) is 4.46. The van der Waals surface area contributed by atoms with E-state index < -0.39 is 0 Å². The molecule has 0 unspecified atom stereocenters. The van der Waals surface area contributed by atoms with Gasteiger partial charge in [-0.3, -0.25) is 9.78 Å². The van der Waals surface area contributed by atoms with Crippen molar-refractivity contribution in [2.75, 3.05) is 0 Å². The Kier molecular flexibility index (Phi) is 8.59. The monoisotopic (exact) mass is 656 g/mol. The van der Waals surface area contributed by atoms with E-state index in [4.69, 9.17) is 15.0 Å². The van der Waals surface area contributed by atoms with Crippen LogP contribution in [0.15, 0.2) is 170 Å². The lowest BCUT2D eigenvalue weighted by Gasteiger charge is -2.15. The van der Waals surface area contributed by atoms with Gasteiger partial charge in [-0.2, -0.15) is 0 Å². The van der Waals surface area contributed by atoms with Crippen LogP contribution in [0.1, 0.15) is 15.9 Å². The zero-order valence-electron chi connectivity index (χ0n) is 27.9. The number of carbonyl (C=O) groups excluding carboxylic acids is 1. The molecule has 2 aromatic heterocycles. The van der Waals surface area contributed by atoms with Crippen LogP contribution in [0.4, 0.5) is 0 Å². The molecule has 0 aliphatic carbocycles. The topological polar surface area (TPSA) is 68.6 Å². The molecule has 6 aromatic carbocycles. The molecule has 51 heavy (non-hydrogen) atoms. The molecule has 0 aliphatic rings. The SMILES string of the molecule is Cc1c(-c2nc(-c3ccc(-c4ccccc4)cc3)nc(-c3ccc(-c4ccccc4)cc3)n2)cccc1-c1ccc(-c2cccnc2)cc1C=O. The average molecular weight is 657 g/mol. The van der Waals surface area contributed by atoms with Gasteiger partial charge in [0.2, 0.25) is 0 Å². The van der Waals surface area contributed by atoms with Crippen molar-refractivity contribution in [2.45, 2.75) is 6.92 Å². The van der Waals surface area contributed by atoms with Crippen molar-refractivity contribution < 1.29 is 4.79 Å². The maximum absolute atomic E-state index is 12.4. The van der Waals surface area contributed by atoms with Crippen molar-refractivity contribution in [1.82, 2.24) is 19.9 Å². The number of rotatable bonds is 8. The Morgan fingerprint density at radius 2 is 0.902 bits per heavy atom. The van der Waals surface area contributed by atoms with Gasteiger partial charge in [-0.1, -0.05) is 146 Å². The molecule has 0 spiro atoms. The molecule has 5 nitrogen and oxygen atoms in total. The Labute approximate surface area is 297 Å². The predicted octanol–water partition coefficient (Wildman–Crippen LogP) is 11.1. The van der Waals surface area contributed by atoms with Gasteiger partial charge in [-0.25, -0.2) is 15.0 Å². The third-order valence-electron chi connectivity index (χ3n) is 9.17. The summed E-state index contributed by atoms with van der Waals surface area (Å²) in [5, 5.41) is 0. The van der Waals surface area contributed by atoms with Crippen LogP contribution in [0.5, 0.6) is 0 Å². The van der Waals surface area contributed by atoms with Crippen molar-refractivity contribution in [3.63, 3.8) is 0 Å². The number of hydrogen-bond donors (Lipinski definition) is 0. The van der Waals surface area contributed by atoms with E-state index in [1.807, 2.05) is 84.9 Å². The third kappa shape index (κ3) is 6.48. The van der Waals surface area contributed by atoms with Crippen molar-refractivity contribution in [1.29, 1.82) is 0 Å². The molecule has 0 saturated carbocycles. The highest BCUT2D eigenvalue weighted by Gasteiger charge is 2.17. The number of hydrogen-bond acceptors (Lipinski definition) is 5. The number of aldehydes is 1. The molecule has 242 valence electrons. The lowest BCUT2D eigenvalue weighted by Crippen LogP contribution is -2.02. The highest BCUT2D eigenvalue weighted by Crippen LogP contribution is 2.35. The van der Waals surface area contributed by atoms with Gasteiger partial charge in [0.1, 0.15) is 0 Å². The van der Waals surface area contributed by atoms with E-state index in [0.717, 1.165) is 73.0 Å². The number of carbonyl (C=O) groups is 1. The Hall–Kier alpha value is -6.85. The quantitative estimate of drug-likeness (QED) is 0.152. The van der Waals surface area contributed by atoms with Gasteiger partial charge in [0.05, 0.1) is 0 Å². The van der Waals surface area contributed by atoms with Crippen LogP contribution in [-0.4, -0.2) is 26.2 Å². The Morgan fingerprint density at radius 1 is 0.412 bits per heavy atom. The molecular formula is C46H32N4O. The maximum Gasteiger partial charge on any atom is 0.164 e. The largest absolute Gasteiger partial charge is 0.298 e. The lowest BCUT2D eigenvalue weighted by atomic mass is 9.91. The molecule has 0 aliphatic heterocycles. The molecule has 0 radical (unpaired) electrons. The van der Waals surface area contributed by atoms with Crippen LogP contribution in [0.2, 0.25) is 0 Å². The molecule has 2 heterocycles. The summed E-state index contributed by atoms with van der Waals surface area (Å²) in [6, 6.07) is 53.2. The van der Waals surface area contributed by atoms with E-state index in [9.17, 15) is 4.79 Å². The predicted molar refractivity (Wildman–Crippen MR) is 206 cm³/mol. The molecule has 0 bridgehead atoms. The van der Waals surface area contributed by atoms with Gasteiger partial charge >= 0.3 is 0 Å². The first kappa shape index (κ1) is 31.4. The van der Waals surface area contributed by atoms with Crippen molar-refractivity contribution in [3.8, 4) is 78.7 Å². The minimum Gasteiger partial charge on any atom is -0.298 e. The second-order valence-electron chi connectivity index (χ2n) is 12.3. The van der Waals surface area contributed by atoms with E-state index in [2.05, 4.69) is 84.7 Å². The zero-order chi connectivity index (χ0) is 34.6. The molecule has 0 N–H and O–H groups in total. The van der Waals surface area contributed by atoms with Crippen molar-refractivity contribution in [2.24, 2.45) is 0 Å². The first-order chi connectivity index (χ1) is 25.1. The number of pyridine rings is 1. The van der Waals surface area contributed by atoms with Crippen LogP contribution in [0.25, 0.3) is 78.7 Å². The highest BCUT2D eigenvalue weighted by atomic mass is 16.1. The fourth-order valence-corrected chi connectivity index (χ4v) is 6.43. The molecule has 8 aromatic rings. The minimum atomic E-state index is 0.563. The second kappa shape index (κ2) is 13.9. The van der Waals surface area contributed by atoms with Crippen LogP contribution >= 0.6 is 0 Å². The summed E-state index contributed by atoms with van der Waals surface area (Å²) in [5.41, 5.74) is 12.4. The van der Waals surface area contributed by atoms with Gasteiger partial charge in [0.15, 0.2) is 23.8 Å². The van der Waals surface area contributed by atoms with Crippen LogP contribution in [0, 0.1) is 6.92 Å². The normalized spacial score (nSPS) is 10.9. The zero-order valence-corrected chi connectivity index (χ0v) is 27.9. The van der Waals surface area contributed by atoms with E-state index in [0.29, 0.717) is 23.0 Å². The minimum absolute atomic E-state index is 0.563. The number of aromatic nitrogens is 4. The fraction of sp³-hybridized carbons (Fsp3) is 0.0217. The summed E-state index contributed by atoms with van der Waals surface area (Å²) < 4.78 is 0. The summed E-state index contributed by atoms with van der Waals surface area (Å²) >= 11 is 0. The average Bonchev–Trinajstić information content (AvgIpc) is 3.21. The summed E-state index contributed by atoms with van der Waals surface area (Å²) in [7, 11) is 0. The molecule has 0 saturated heterocycles. The van der Waals surface area contributed by atoms with Crippen molar-refractivity contribution in [3.05, 3.63) is 181 Å². The molecule has 0 atom stereocenters. The van der Waals surface area contributed by atoms with Crippen LogP contribution < -0.4 is 0 Å². The molecule has 5 heteroatoms. The van der Waals surface area contributed by atoms with Gasteiger partial charge in [0.25, 0.3) is 0 Å². The van der Waals surface area contributed by atoms with E-state index in [-0.39, 0.29) is 0 Å². The smallest absolute Gasteiger partial charge is 0.164 e. The first-order valence-electron chi connectivity index (χ1n) is 16.8. The molecule has 0 amide bonds. The Morgan fingerprint density at radius 3 is 1.45 bits per heavy atom. The Bertz CT molecular complexity index is 2360. The van der Waals surface area contributed by atoms with Crippen LogP contribution in [0.3, 0.4) is 0 Å². The first-order valence-corrected chi connectivity index (χ1v) is 16.8. The molecular weight excluding hydrogens is 625 g/mol. The number of nitrogens with zero attached hydrogens (tertiary/aromatic N) is 4. The molecule has 0 fully saturated rings. The maximum atomic E-state index is 12.4. The summed E-state index contributed by atoms with van der Waals surface area (Å²) in [6.45, 7) is 2.06. The third-order valence-corrected chi connectivity index (χ3v) is 9.17. The van der Waals surface area contributed by atoms with E-state index in [1.54, 1.807) is 12.4 Å². The fourth-order valence-electron chi connectivity index (χ4n) is 6.43. The summed E-state index contributed by atoms with van der Waals surface area (Å²) in [4.78, 5) is 31.8. The number of benzene rings is 6. The van der Waals surface area contributed by atoms with E-state index >= 15 is 0 Å². The van der Waals surface area contributed by atoms with Gasteiger partial charge in [-0.05, 0) is 63.6 Å². The van der Waals surface area contributed by atoms with Gasteiger partial charge in [-0.15, -0.1) is 0 Å². The van der Waals surface area contributed by atoms with Gasteiger partial charge < -0.3 is 0 Å². The highest BCUT2D eigenvalue weighted by molar-refractivity contribution is 5.92. The van der Waals surface area contributed by atoms with Crippen LogP contribution in [-0.2, 0) is 0 Å². The second-order valence-corrected chi connectivity index (χ2v) is 12.3. The standard InChI is InChI=1S/C46H32N4O/c1-31-41(43-26-25-38(28-40(43)30-51)39-14-9-27-47-29-39)15-8-16-42(31)46-49-44(36-21-17-34(18-22-36)32-10-4-2-5-11-32)48-45(50-46)37-23-19-35(20-24-37)33-12-6-3-7-13-33/h2-30H,1H3. The van der Waals surface area contributed by atoms with E-state index in [1.165, 1.54) is 0 Å². The lowest BCUT2D eigenvalue weighted by molar-refractivity contribution is 0.112. The summed E-state index contributed by atoms with van der Waals surface area (Å²) in [5.74, 6) is 1.73. The van der Waals surface area contributed by atoms with Crippen molar-refractivity contribution >= 4 is 6.29 Å². The molecule has 8 rings (SSSR count).